The van der Waals surface area contributed by atoms with E-state index in [9.17, 15) is 14.7 Å². The van der Waals surface area contributed by atoms with Crippen molar-refractivity contribution in [2.24, 2.45) is 11.7 Å². The molecule has 10 nitrogen and oxygen atoms in total. The van der Waals surface area contributed by atoms with E-state index < -0.39 is 53.3 Å². The van der Waals surface area contributed by atoms with Crippen molar-refractivity contribution in [3.63, 3.8) is 0 Å². The Balaban J connectivity index is 1.40. The van der Waals surface area contributed by atoms with E-state index in [1.54, 1.807) is 37.4 Å². The summed E-state index contributed by atoms with van der Waals surface area (Å²) in [6.07, 6.45) is -0.820. The Kier molecular flexibility index (Phi) is 9.11. The number of fused-ring (bicyclic) bond motifs is 3. The molecule has 5 aromatic carbocycles. The van der Waals surface area contributed by atoms with Crippen LogP contribution in [-0.2, 0) is 24.5 Å². The summed E-state index contributed by atoms with van der Waals surface area (Å²) in [5.41, 5.74) is 9.00. The molecule has 2 saturated heterocycles. The predicted molar refractivity (Wildman–Crippen MR) is 200 cm³/mol. The van der Waals surface area contributed by atoms with Gasteiger partial charge in [-0.3, -0.25) is 19.3 Å². The van der Waals surface area contributed by atoms with Crippen LogP contribution in [0.15, 0.2) is 127 Å². The lowest BCUT2D eigenvalue weighted by Crippen LogP contribution is -2.53. The Morgan fingerprint density at radius 2 is 1.50 bits per heavy atom. The third-order valence-electron chi connectivity index (χ3n) is 10.6. The Hall–Kier alpha value is -6.41. The van der Waals surface area contributed by atoms with Crippen molar-refractivity contribution in [2.75, 3.05) is 25.6 Å². The Bertz CT molecular complexity index is 2290. The minimum absolute atomic E-state index is 0.0237. The van der Waals surface area contributed by atoms with E-state index in [2.05, 4.69) is 17.2 Å². The van der Waals surface area contributed by atoms with Crippen LogP contribution in [0.2, 0.25) is 0 Å². The lowest BCUT2D eigenvalue weighted by Gasteiger charge is -2.46. The van der Waals surface area contributed by atoms with Gasteiger partial charge in [0.1, 0.15) is 35.7 Å². The summed E-state index contributed by atoms with van der Waals surface area (Å²) >= 11 is 0. The Morgan fingerprint density at radius 3 is 2.19 bits per heavy atom. The van der Waals surface area contributed by atoms with Crippen LogP contribution < -0.4 is 20.5 Å². The fraction of sp³-hybridized carbons (Fsp3) is 0.205. The van der Waals surface area contributed by atoms with Crippen LogP contribution in [0, 0.1) is 17.8 Å². The van der Waals surface area contributed by atoms with Gasteiger partial charge in [0.25, 0.3) is 0 Å². The van der Waals surface area contributed by atoms with Gasteiger partial charge < -0.3 is 30.4 Å². The summed E-state index contributed by atoms with van der Waals surface area (Å²) in [5, 5.41) is 12.8. The first-order valence-electron chi connectivity index (χ1n) is 17.7. The molecule has 0 saturated carbocycles. The van der Waals surface area contributed by atoms with Crippen LogP contribution in [0.4, 0.5) is 5.69 Å². The molecule has 1 spiro atoms. The summed E-state index contributed by atoms with van der Waals surface area (Å²) in [5.74, 6) is 4.11. The van der Waals surface area contributed by atoms with Crippen LogP contribution in [0.1, 0.15) is 51.6 Å². The number of ether oxygens (including phenoxy) is 3. The lowest BCUT2D eigenvalue weighted by molar-refractivity contribution is -0.178. The Morgan fingerprint density at radius 1 is 0.852 bits per heavy atom. The zero-order valence-corrected chi connectivity index (χ0v) is 29.3. The van der Waals surface area contributed by atoms with Gasteiger partial charge in [0, 0.05) is 22.4 Å². The number of aliphatic hydroxyl groups excluding tert-OH is 1. The van der Waals surface area contributed by atoms with E-state index in [0.717, 1.165) is 16.7 Å². The molecule has 6 atom stereocenters. The normalized spacial score (nSPS) is 24.1. The van der Waals surface area contributed by atoms with E-state index in [1.165, 1.54) is 0 Å². The van der Waals surface area contributed by atoms with Crippen molar-refractivity contribution in [2.45, 2.75) is 29.6 Å². The van der Waals surface area contributed by atoms with Gasteiger partial charge in [-0.1, -0.05) is 90.7 Å². The minimum Gasteiger partial charge on any atom is -0.497 e. The van der Waals surface area contributed by atoms with E-state index in [4.69, 9.17) is 19.9 Å². The van der Waals surface area contributed by atoms with Crippen molar-refractivity contribution in [1.29, 1.82) is 0 Å². The van der Waals surface area contributed by atoms with Crippen LogP contribution >= 0.6 is 0 Å². The second-order valence-electron chi connectivity index (χ2n) is 13.5. The van der Waals surface area contributed by atoms with Crippen LogP contribution in [0.25, 0.3) is 0 Å². The Labute approximate surface area is 312 Å². The molecule has 10 heteroatoms. The zero-order valence-electron chi connectivity index (χ0n) is 29.3. The number of rotatable bonds is 8. The molecule has 8 rings (SSSR count). The summed E-state index contributed by atoms with van der Waals surface area (Å²) < 4.78 is 17.8. The summed E-state index contributed by atoms with van der Waals surface area (Å²) in [6.45, 7) is -0.279. The van der Waals surface area contributed by atoms with Gasteiger partial charge in [-0.25, -0.2) is 0 Å². The number of esters is 1. The first-order valence-corrected chi connectivity index (χ1v) is 17.7. The van der Waals surface area contributed by atoms with E-state index in [0.29, 0.717) is 33.9 Å². The number of anilines is 1. The highest BCUT2D eigenvalue weighted by atomic mass is 16.6. The predicted octanol–water partition coefficient (Wildman–Crippen LogP) is 5.22. The number of methoxy groups -OCH3 is 1. The van der Waals surface area contributed by atoms with Crippen molar-refractivity contribution < 1.29 is 33.7 Å². The quantitative estimate of drug-likeness (QED) is 0.147. The first kappa shape index (κ1) is 34.7. The smallest absolute Gasteiger partial charge is 0.324 e. The molecule has 3 aliphatic rings. The molecule has 2 amide bonds. The fourth-order valence-corrected chi connectivity index (χ4v) is 8.48. The minimum atomic E-state index is -1.75. The maximum Gasteiger partial charge on any atom is 0.324 e. The number of nitrogens with zero attached hydrogens (tertiary/aromatic N) is 1. The molecule has 5 aromatic rings. The molecule has 3 aliphatic heterocycles. The number of morpholine rings is 1. The molecule has 0 radical (unpaired) electrons. The van der Waals surface area contributed by atoms with Gasteiger partial charge in [0.2, 0.25) is 11.8 Å². The molecular formula is C44H37N3O7. The highest BCUT2D eigenvalue weighted by molar-refractivity contribution is 6.12. The summed E-state index contributed by atoms with van der Waals surface area (Å²) in [6, 6.07) is 36.0. The second kappa shape index (κ2) is 14.2. The molecule has 2 fully saturated rings. The van der Waals surface area contributed by atoms with Gasteiger partial charge in [-0.05, 0) is 65.2 Å². The molecule has 6 unspecified atom stereocenters. The van der Waals surface area contributed by atoms with E-state index >= 15 is 4.79 Å². The average Bonchev–Trinajstić information content (AvgIpc) is 3.68. The van der Waals surface area contributed by atoms with Crippen molar-refractivity contribution in [3.8, 4) is 23.3 Å². The number of hydrogen-bond donors (Lipinski definition) is 3. The number of nitrogens with two attached hydrogens (primary N) is 1. The molecular weight excluding hydrogens is 682 g/mol. The molecule has 54 heavy (non-hydrogen) atoms. The van der Waals surface area contributed by atoms with Crippen LogP contribution in [0.3, 0.4) is 0 Å². The molecule has 4 N–H and O–H groups in total. The van der Waals surface area contributed by atoms with Crippen molar-refractivity contribution in [3.05, 3.63) is 161 Å². The molecule has 3 heterocycles. The number of benzene rings is 5. The first-order chi connectivity index (χ1) is 26.4. The van der Waals surface area contributed by atoms with E-state index in [1.807, 2.05) is 102 Å². The number of hydrogen-bond acceptors (Lipinski definition) is 8. The van der Waals surface area contributed by atoms with Crippen molar-refractivity contribution >= 4 is 23.5 Å². The molecule has 0 aliphatic carbocycles. The number of aliphatic hydroxyl groups is 1. The van der Waals surface area contributed by atoms with Crippen molar-refractivity contribution in [1.82, 2.24) is 4.90 Å². The summed E-state index contributed by atoms with van der Waals surface area (Å²) in [4.78, 5) is 45.7. The van der Waals surface area contributed by atoms with Crippen LogP contribution in [-0.4, -0.2) is 54.2 Å². The molecule has 0 aromatic heterocycles. The number of para-hydroxylation sites is 1. The SMILES string of the molecule is COc1ccc(C#Cc2ccc3c(c2)C2(C(=O)N3)C(C(N)=O)C3C(=O)OC(c4ccccc4)C(c4ccccc4)N3C2c2ccccc2OCCO)cc1. The number of cyclic esters (lactones) is 1. The van der Waals surface area contributed by atoms with Crippen LogP contribution in [0.5, 0.6) is 11.5 Å². The van der Waals surface area contributed by atoms with Gasteiger partial charge >= 0.3 is 5.97 Å². The largest absolute Gasteiger partial charge is 0.497 e. The fourth-order valence-electron chi connectivity index (χ4n) is 8.48. The number of carbonyl (C=O) groups excluding carboxylic acids is 3. The van der Waals surface area contributed by atoms with Gasteiger partial charge in [-0.2, -0.15) is 0 Å². The number of primary amides is 1. The highest BCUT2D eigenvalue weighted by Crippen LogP contribution is 2.65. The third-order valence-corrected chi connectivity index (χ3v) is 10.6. The number of amides is 2. The van der Waals surface area contributed by atoms with Gasteiger partial charge in [-0.15, -0.1) is 0 Å². The second-order valence-corrected chi connectivity index (χ2v) is 13.5. The number of carbonyl (C=O) groups is 3. The standard InChI is InChI=1S/C44H37N3O7/c1-52-31-21-18-27(19-22-31)16-17-28-20-23-34-33(26-28)44(43(51)46-34)36(41(45)49)38-42(50)54-39(30-12-6-3-7-13-30)37(29-10-4-2-5-11-29)47(38)40(44)32-14-8-9-15-35(32)53-25-24-48/h2-15,18-23,26,36-40,48H,24-25H2,1H3,(H2,45,49)(H,46,51). The zero-order chi connectivity index (χ0) is 37.4. The summed E-state index contributed by atoms with van der Waals surface area (Å²) in [7, 11) is 1.60. The van der Waals surface area contributed by atoms with E-state index in [-0.39, 0.29) is 13.2 Å². The maximum atomic E-state index is 15.0. The topological polar surface area (TPSA) is 140 Å². The third kappa shape index (κ3) is 5.66. The highest BCUT2D eigenvalue weighted by Gasteiger charge is 2.74. The number of nitrogens with one attached hydrogen (secondary N) is 1. The lowest BCUT2D eigenvalue weighted by atomic mass is 9.65. The van der Waals surface area contributed by atoms with Gasteiger partial charge in [0.05, 0.1) is 31.7 Å². The maximum absolute atomic E-state index is 15.0. The molecule has 0 bridgehead atoms. The molecule has 270 valence electrons. The average molecular weight is 720 g/mol. The van der Waals surface area contributed by atoms with Gasteiger partial charge in [0.15, 0.2) is 0 Å². The monoisotopic (exact) mass is 719 g/mol.